The monoisotopic (exact) mass is 487 g/mol. The lowest BCUT2D eigenvalue weighted by Crippen LogP contribution is -2.35. The Labute approximate surface area is 194 Å². The molecule has 0 saturated heterocycles. The summed E-state index contributed by atoms with van der Waals surface area (Å²) in [5.74, 6) is -3.23. The normalized spacial score (nSPS) is 15.3. The molecule has 35 heavy (non-hydrogen) atoms. The van der Waals surface area contributed by atoms with E-state index in [9.17, 15) is 28.5 Å². The minimum absolute atomic E-state index is 0.00270. The highest BCUT2D eigenvalue weighted by atomic mass is 19.3. The molecule has 2 heterocycles. The number of esters is 1. The highest BCUT2D eigenvalue weighted by Gasteiger charge is 2.41. The molecule has 0 spiro atoms. The van der Waals surface area contributed by atoms with Crippen LogP contribution in [0, 0.1) is 23.0 Å². The van der Waals surface area contributed by atoms with Crippen molar-refractivity contribution in [2.45, 2.75) is 20.5 Å². The van der Waals surface area contributed by atoms with Crippen molar-refractivity contribution in [3.05, 3.63) is 58.5 Å². The molecule has 180 valence electrons. The molecule has 4 rings (SSSR count). The summed E-state index contributed by atoms with van der Waals surface area (Å²) in [6.45, 7) is -0.177. The summed E-state index contributed by atoms with van der Waals surface area (Å²) in [7, 11) is 0. The molecule has 1 amide bonds. The van der Waals surface area contributed by atoms with Gasteiger partial charge >= 0.3 is 12.6 Å². The summed E-state index contributed by atoms with van der Waals surface area (Å²) in [5, 5.41) is 19.5. The van der Waals surface area contributed by atoms with Crippen LogP contribution >= 0.6 is 0 Å². The van der Waals surface area contributed by atoms with Gasteiger partial charge in [-0.25, -0.2) is 0 Å². The third kappa shape index (κ3) is 4.80. The van der Waals surface area contributed by atoms with E-state index in [0.717, 1.165) is 17.1 Å². The fraction of sp³-hybridized carbons (Fsp3) is 0.190. The molecule has 1 aromatic heterocycles. The van der Waals surface area contributed by atoms with Gasteiger partial charge in [0.15, 0.2) is 5.92 Å². The van der Waals surface area contributed by atoms with E-state index in [1.165, 1.54) is 44.2 Å². The third-order valence-electron chi connectivity index (χ3n) is 4.83. The van der Waals surface area contributed by atoms with Crippen LogP contribution in [0.1, 0.15) is 12.8 Å². The molecular weight excluding hydrogens is 472 g/mol. The van der Waals surface area contributed by atoms with Crippen LogP contribution < -0.4 is 14.5 Å². The van der Waals surface area contributed by atoms with E-state index in [2.05, 4.69) is 20.0 Å². The fourth-order valence-corrected chi connectivity index (χ4v) is 3.26. The highest BCUT2D eigenvalue weighted by molar-refractivity contribution is 6.25. The minimum Gasteiger partial charge on any atom is -0.434 e. The highest BCUT2D eigenvalue weighted by Crippen LogP contribution is 2.35. The first-order chi connectivity index (χ1) is 16.6. The Bertz CT molecular complexity index is 1340. The van der Waals surface area contributed by atoms with Crippen molar-refractivity contribution in [2.75, 3.05) is 5.01 Å². The number of ether oxygens (including phenoxy) is 2. The van der Waals surface area contributed by atoms with E-state index < -0.39 is 29.3 Å². The van der Waals surface area contributed by atoms with E-state index >= 15 is 0 Å². The zero-order chi connectivity index (χ0) is 25.3. The Hall–Kier alpha value is -4.75. The lowest BCUT2D eigenvalue weighted by molar-refractivity contribution is -0.384. The molecule has 14 heteroatoms. The molecule has 0 saturated carbocycles. The van der Waals surface area contributed by atoms with Crippen LogP contribution in [0.25, 0.3) is 11.4 Å². The number of hydrogen-bond donors (Lipinski definition) is 0. The quantitative estimate of drug-likeness (QED) is 0.160. The van der Waals surface area contributed by atoms with Gasteiger partial charge in [-0.2, -0.15) is 23.9 Å². The van der Waals surface area contributed by atoms with Gasteiger partial charge in [-0.1, -0.05) is 5.16 Å². The number of carbonyl (C=O) groups is 2. The molecule has 1 aliphatic heterocycles. The Kier molecular flexibility index (Phi) is 6.18. The van der Waals surface area contributed by atoms with Crippen molar-refractivity contribution < 1.29 is 37.3 Å². The Morgan fingerprint density at radius 1 is 1.20 bits per heavy atom. The Morgan fingerprint density at radius 3 is 2.51 bits per heavy atom. The second kappa shape index (κ2) is 9.24. The van der Waals surface area contributed by atoms with Crippen LogP contribution in [-0.2, 0) is 9.59 Å². The summed E-state index contributed by atoms with van der Waals surface area (Å²) in [4.78, 5) is 39.9. The molecule has 1 unspecified atom stereocenters. The third-order valence-corrected chi connectivity index (χ3v) is 4.83. The molecule has 3 aromatic rings. The number of aromatic nitrogens is 2. The average molecular weight is 487 g/mol. The van der Waals surface area contributed by atoms with Gasteiger partial charge in [0, 0.05) is 19.1 Å². The number of benzene rings is 2. The lowest BCUT2D eigenvalue weighted by atomic mass is 10.0. The summed E-state index contributed by atoms with van der Waals surface area (Å²) in [6.07, 6.45) is 0. The molecule has 2 aromatic carbocycles. The Balaban J connectivity index is 1.59. The smallest absolute Gasteiger partial charge is 0.387 e. The second-order valence-electron chi connectivity index (χ2n) is 7.19. The summed E-state index contributed by atoms with van der Waals surface area (Å²) in [5.41, 5.74) is 0.0561. The maximum Gasteiger partial charge on any atom is 0.387 e. The van der Waals surface area contributed by atoms with E-state index in [4.69, 9.17) is 9.26 Å². The van der Waals surface area contributed by atoms with Crippen LogP contribution in [0.4, 0.5) is 20.2 Å². The number of rotatable bonds is 7. The van der Waals surface area contributed by atoms with Gasteiger partial charge in [-0.3, -0.25) is 19.7 Å². The number of halogens is 2. The summed E-state index contributed by atoms with van der Waals surface area (Å²) < 4.78 is 40.3. The molecule has 1 atom stereocenters. The number of nitro benzene ring substituents is 1. The maximum atomic E-state index is 13.0. The average Bonchev–Trinajstić information content (AvgIpc) is 3.36. The van der Waals surface area contributed by atoms with Gasteiger partial charge in [0.25, 0.3) is 11.6 Å². The minimum atomic E-state index is -3.13. The van der Waals surface area contributed by atoms with Gasteiger partial charge in [-0.05, 0) is 37.3 Å². The topological polar surface area (TPSA) is 150 Å². The SMILES string of the molecule is CC1=NN(c2ccc(OC(F)F)c(-c3noc(C)n3)c2)C(=O)C1C(=O)Oc1ccc([N+](=O)[O-])cc1. The van der Waals surface area contributed by atoms with E-state index in [1.807, 2.05) is 0 Å². The summed E-state index contributed by atoms with van der Waals surface area (Å²) in [6, 6.07) is 8.52. The number of hydrazone groups is 1. The lowest BCUT2D eigenvalue weighted by Gasteiger charge is -2.16. The molecule has 0 bridgehead atoms. The number of alkyl halides is 2. The number of nitro groups is 1. The number of non-ortho nitro benzene ring substituents is 1. The number of hydrogen-bond acceptors (Lipinski definition) is 10. The molecule has 0 aliphatic carbocycles. The van der Waals surface area contributed by atoms with E-state index in [-0.39, 0.29) is 45.9 Å². The van der Waals surface area contributed by atoms with Crippen molar-refractivity contribution in [2.24, 2.45) is 11.0 Å². The van der Waals surface area contributed by atoms with Gasteiger partial charge < -0.3 is 14.0 Å². The first-order valence-corrected chi connectivity index (χ1v) is 9.89. The van der Waals surface area contributed by atoms with Crippen molar-refractivity contribution in [1.29, 1.82) is 0 Å². The first kappa shape index (κ1) is 23.4. The number of amides is 1. The maximum absolute atomic E-state index is 13.0. The van der Waals surface area contributed by atoms with Gasteiger partial charge in [0.1, 0.15) is 11.5 Å². The number of carbonyl (C=O) groups excluding carboxylic acids is 2. The Morgan fingerprint density at radius 2 is 1.91 bits per heavy atom. The standard InChI is InChI=1S/C21H15F2N5O7/c1-10-17(20(30)33-14-6-3-12(4-7-14)28(31)32)19(29)27(25-10)13-5-8-16(34-21(22)23)15(9-13)18-24-11(2)35-26-18/h3-9,17,21H,1-2H3. The van der Waals surface area contributed by atoms with E-state index in [0.29, 0.717) is 0 Å². The first-order valence-electron chi connectivity index (χ1n) is 9.89. The summed E-state index contributed by atoms with van der Waals surface area (Å²) >= 11 is 0. The van der Waals surface area contributed by atoms with Gasteiger partial charge in [0.05, 0.1) is 21.9 Å². The zero-order valence-electron chi connectivity index (χ0n) is 18.0. The van der Waals surface area contributed by atoms with Crippen LogP contribution in [0.2, 0.25) is 0 Å². The predicted octanol–water partition coefficient (Wildman–Crippen LogP) is 3.50. The van der Waals surface area contributed by atoms with Crippen molar-refractivity contribution >= 4 is 29.0 Å². The fourth-order valence-electron chi connectivity index (χ4n) is 3.26. The van der Waals surface area contributed by atoms with Gasteiger partial charge in [0.2, 0.25) is 11.7 Å². The molecular formula is C21H15F2N5O7. The molecule has 0 radical (unpaired) electrons. The second-order valence-corrected chi connectivity index (χ2v) is 7.19. The molecule has 1 aliphatic rings. The van der Waals surface area contributed by atoms with Crippen molar-refractivity contribution in [3.8, 4) is 22.9 Å². The van der Waals surface area contributed by atoms with Crippen molar-refractivity contribution in [1.82, 2.24) is 10.1 Å². The number of anilines is 1. The predicted molar refractivity (Wildman–Crippen MR) is 114 cm³/mol. The van der Waals surface area contributed by atoms with Crippen LogP contribution in [0.3, 0.4) is 0 Å². The number of aryl methyl sites for hydroxylation is 1. The van der Waals surface area contributed by atoms with E-state index in [1.54, 1.807) is 0 Å². The molecule has 12 nitrogen and oxygen atoms in total. The van der Waals surface area contributed by atoms with Crippen LogP contribution in [0.15, 0.2) is 52.1 Å². The van der Waals surface area contributed by atoms with Gasteiger partial charge in [-0.15, -0.1) is 0 Å². The largest absolute Gasteiger partial charge is 0.434 e. The molecule has 0 N–H and O–H groups in total. The zero-order valence-corrected chi connectivity index (χ0v) is 18.0. The van der Waals surface area contributed by atoms with Crippen LogP contribution in [-0.4, -0.2) is 39.3 Å². The molecule has 0 fully saturated rings. The van der Waals surface area contributed by atoms with Crippen LogP contribution in [0.5, 0.6) is 11.5 Å². The van der Waals surface area contributed by atoms with Crippen molar-refractivity contribution in [3.63, 3.8) is 0 Å². The number of nitrogens with zero attached hydrogens (tertiary/aromatic N) is 5.